The van der Waals surface area contributed by atoms with Gasteiger partial charge in [0.05, 0.1) is 5.60 Å². The number of nitrogen functional groups attached to an aromatic ring is 1. The fourth-order valence-electron chi connectivity index (χ4n) is 2.24. The summed E-state index contributed by atoms with van der Waals surface area (Å²) in [6.45, 7) is 1.83. The molecule has 0 saturated carbocycles. The number of nitrogens with two attached hydrogens (primary N) is 1. The van der Waals surface area contributed by atoms with E-state index in [0.717, 1.165) is 16.4 Å². The number of rotatable bonds is 2. The largest absolute Gasteiger partial charge is 0.399 e. The topological polar surface area (TPSA) is 83.6 Å². The van der Waals surface area contributed by atoms with Crippen molar-refractivity contribution in [1.82, 2.24) is 4.31 Å². The average Bonchev–Trinajstić information content (AvgIpc) is 2.27. The van der Waals surface area contributed by atoms with Crippen LogP contribution < -0.4 is 5.73 Å². The summed E-state index contributed by atoms with van der Waals surface area (Å²) in [7, 11) is -3.94. The van der Waals surface area contributed by atoms with Gasteiger partial charge in [0.1, 0.15) is 10.7 Å². The third-order valence-corrected chi connectivity index (χ3v) is 5.09. The molecule has 1 fully saturated rings. The van der Waals surface area contributed by atoms with Gasteiger partial charge in [-0.3, -0.25) is 0 Å². The molecule has 0 aromatic heterocycles. The van der Waals surface area contributed by atoms with Crippen LogP contribution in [0.4, 0.5) is 10.1 Å². The van der Waals surface area contributed by atoms with Gasteiger partial charge >= 0.3 is 0 Å². The van der Waals surface area contributed by atoms with E-state index in [9.17, 15) is 17.9 Å². The summed E-state index contributed by atoms with van der Waals surface area (Å²) in [4.78, 5) is -0.403. The molecular formula is C12H17FN2O3S. The molecule has 1 aromatic carbocycles. The summed E-state index contributed by atoms with van der Waals surface area (Å²) in [6, 6.07) is 3.48. The molecule has 106 valence electrons. The summed E-state index contributed by atoms with van der Waals surface area (Å²) in [5.41, 5.74) is 4.50. The highest BCUT2D eigenvalue weighted by atomic mass is 32.2. The molecule has 0 amide bonds. The Hall–Kier alpha value is -1.18. The molecule has 3 N–H and O–H groups in total. The van der Waals surface area contributed by atoms with Gasteiger partial charge in [0.2, 0.25) is 10.0 Å². The van der Waals surface area contributed by atoms with Crippen molar-refractivity contribution < 1.29 is 17.9 Å². The molecule has 2 rings (SSSR count). The number of sulfonamides is 1. The van der Waals surface area contributed by atoms with Crippen LogP contribution in [-0.2, 0) is 10.0 Å². The van der Waals surface area contributed by atoms with Crippen LogP contribution in [0, 0.1) is 5.82 Å². The molecule has 0 spiro atoms. The van der Waals surface area contributed by atoms with Gasteiger partial charge in [0, 0.05) is 18.8 Å². The highest BCUT2D eigenvalue weighted by Gasteiger charge is 2.36. The summed E-state index contributed by atoms with van der Waals surface area (Å²) >= 11 is 0. The molecule has 5 nitrogen and oxygen atoms in total. The third-order valence-electron chi connectivity index (χ3n) is 3.21. The van der Waals surface area contributed by atoms with E-state index in [4.69, 9.17) is 5.73 Å². The number of hydrogen-bond donors (Lipinski definition) is 2. The fourth-order valence-corrected chi connectivity index (χ4v) is 3.89. The van der Waals surface area contributed by atoms with Crippen molar-refractivity contribution >= 4 is 15.7 Å². The van der Waals surface area contributed by atoms with Crippen LogP contribution in [0.5, 0.6) is 0 Å². The minimum absolute atomic E-state index is 0.0286. The van der Waals surface area contributed by atoms with Crippen LogP contribution in [0.3, 0.4) is 0 Å². The zero-order valence-corrected chi connectivity index (χ0v) is 11.5. The van der Waals surface area contributed by atoms with E-state index in [2.05, 4.69) is 0 Å². The number of hydrogen-bond acceptors (Lipinski definition) is 4. The Labute approximate surface area is 111 Å². The third kappa shape index (κ3) is 2.88. The molecule has 1 aliphatic rings. The van der Waals surface area contributed by atoms with Crippen molar-refractivity contribution in [2.24, 2.45) is 0 Å². The zero-order chi connectivity index (χ0) is 14.3. The van der Waals surface area contributed by atoms with Crippen molar-refractivity contribution in [3.63, 3.8) is 0 Å². The first-order valence-corrected chi connectivity index (χ1v) is 7.44. The first kappa shape index (κ1) is 14.2. The van der Waals surface area contributed by atoms with Crippen LogP contribution in [-0.4, -0.2) is 36.5 Å². The van der Waals surface area contributed by atoms with E-state index in [1.807, 2.05) is 0 Å². The number of anilines is 1. The summed E-state index contributed by atoms with van der Waals surface area (Å²) in [6.07, 6.45) is 1.08. The summed E-state index contributed by atoms with van der Waals surface area (Å²) < 4.78 is 39.5. The van der Waals surface area contributed by atoms with E-state index >= 15 is 0 Å². The minimum Gasteiger partial charge on any atom is -0.399 e. The maximum atomic E-state index is 13.7. The number of piperidine rings is 1. The highest BCUT2D eigenvalue weighted by molar-refractivity contribution is 7.89. The highest BCUT2D eigenvalue weighted by Crippen LogP contribution is 2.27. The molecule has 1 saturated heterocycles. The predicted molar refractivity (Wildman–Crippen MR) is 69.4 cm³/mol. The molecule has 1 unspecified atom stereocenters. The van der Waals surface area contributed by atoms with Crippen LogP contribution >= 0.6 is 0 Å². The van der Waals surface area contributed by atoms with E-state index < -0.39 is 26.3 Å². The summed E-state index contributed by atoms with van der Waals surface area (Å²) in [5, 5.41) is 9.95. The fraction of sp³-hybridized carbons (Fsp3) is 0.500. The average molecular weight is 288 g/mol. The Kier molecular flexibility index (Phi) is 3.55. The van der Waals surface area contributed by atoms with Crippen LogP contribution in [0.25, 0.3) is 0 Å². The first-order valence-electron chi connectivity index (χ1n) is 6.00. The van der Waals surface area contributed by atoms with Crippen molar-refractivity contribution in [3.8, 4) is 0 Å². The number of β-amino-alcohol motifs (C(OH)–C–C–N with tert-alkyl or cyclic N) is 1. The van der Waals surface area contributed by atoms with Crippen molar-refractivity contribution in [2.75, 3.05) is 18.8 Å². The van der Waals surface area contributed by atoms with Gasteiger partial charge in [-0.05, 0) is 38.0 Å². The monoisotopic (exact) mass is 288 g/mol. The molecule has 1 aliphatic heterocycles. The standard InChI is InChI=1S/C12H17FN2O3S/c1-12(16)5-2-6-15(8-12)19(17,18)11-4-3-9(14)7-10(11)13/h3-4,7,16H,2,5-6,8,14H2,1H3. The van der Waals surface area contributed by atoms with E-state index in [1.165, 1.54) is 6.07 Å². The molecule has 19 heavy (non-hydrogen) atoms. The SMILES string of the molecule is CC1(O)CCCN(S(=O)(=O)c2ccc(N)cc2F)C1. The van der Waals surface area contributed by atoms with Gasteiger partial charge in [-0.1, -0.05) is 0 Å². The molecule has 1 atom stereocenters. The molecule has 1 aromatic rings. The Balaban J connectivity index is 2.37. The maximum Gasteiger partial charge on any atom is 0.246 e. The van der Waals surface area contributed by atoms with Crippen molar-refractivity contribution in [3.05, 3.63) is 24.0 Å². The van der Waals surface area contributed by atoms with E-state index in [-0.39, 0.29) is 18.8 Å². The lowest BCUT2D eigenvalue weighted by Crippen LogP contribution is -2.48. The lowest BCUT2D eigenvalue weighted by atomic mass is 9.97. The van der Waals surface area contributed by atoms with Crippen LogP contribution in [0.2, 0.25) is 0 Å². The minimum atomic E-state index is -3.94. The van der Waals surface area contributed by atoms with E-state index in [0.29, 0.717) is 12.8 Å². The van der Waals surface area contributed by atoms with Gasteiger partial charge < -0.3 is 10.8 Å². The van der Waals surface area contributed by atoms with Gasteiger partial charge in [0.15, 0.2) is 0 Å². The van der Waals surface area contributed by atoms with E-state index in [1.54, 1.807) is 6.92 Å². The van der Waals surface area contributed by atoms with Crippen molar-refractivity contribution in [2.45, 2.75) is 30.3 Å². The maximum absolute atomic E-state index is 13.7. The normalized spacial score (nSPS) is 25.4. The second-order valence-corrected chi connectivity index (χ2v) is 7.04. The second-order valence-electron chi connectivity index (χ2n) is 5.13. The summed E-state index contributed by atoms with van der Waals surface area (Å²) in [5.74, 6) is -0.870. The number of nitrogens with zero attached hydrogens (tertiary/aromatic N) is 1. The Morgan fingerprint density at radius 3 is 2.74 bits per heavy atom. The number of benzene rings is 1. The number of aliphatic hydroxyl groups is 1. The Morgan fingerprint density at radius 1 is 1.47 bits per heavy atom. The first-order chi connectivity index (χ1) is 8.72. The zero-order valence-electron chi connectivity index (χ0n) is 10.6. The number of halogens is 1. The molecule has 0 bridgehead atoms. The Morgan fingerprint density at radius 2 is 2.16 bits per heavy atom. The molecular weight excluding hydrogens is 271 g/mol. The smallest absolute Gasteiger partial charge is 0.246 e. The predicted octanol–water partition coefficient (Wildman–Crippen LogP) is 0.943. The molecule has 0 aliphatic carbocycles. The van der Waals surface area contributed by atoms with Gasteiger partial charge in [-0.25, -0.2) is 12.8 Å². The molecule has 0 radical (unpaired) electrons. The van der Waals surface area contributed by atoms with Crippen molar-refractivity contribution in [1.29, 1.82) is 0 Å². The molecule has 7 heteroatoms. The molecule has 1 heterocycles. The van der Waals surface area contributed by atoms with Gasteiger partial charge in [-0.15, -0.1) is 0 Å². The quantitative estimate of drug-likeness (QED) is 0.793. The lowest BCUT2D eigenvalue weighted by molar-refractivity contribution is 0.00934. The van der Waals surface area contributed by atoms with Gasteiger partial charge in [-0.2, -0.15) is 4.31 Å². The van der Waals surface area contributed by atoms with Crippen LogP contribution in [0.1, 0.15) is 19.8 Å². The second kappa shape index (κ2) is 4.73. The van der Waals surface area contributed by atoms with Gasteiger partial charge in [0.25, 0.3) is 0 Å². The Bertz CT molecular complexity index is 587. The lowest BCUT2D eigenvalue weighted by Gasteiger charge is -2.35. The van der Waals surface area contributed by atoms with Crippen LogP contribution in [0.15, 0.2) is 23.1 Å².